The van der Waals surface area contributed by atoms with E-state index in [1.54, 1.807) is 0 Å². The zero-order valence-electron chi connectivity index (χ0n) is 17.9. The Kier molecular flexibility index (Phi) is 8.88. The molecule has 1 unspecified atom stereocenters. The fraction of sp³-hybridized carbons (Fsp3) is 0.571. The molecule has 8 heteroatoms. The first-order chi connectivity index (χ1) is 13.5. The van der Waals surface area contributed by atoms with E-state index in [2.05, 4.69) is 71.2 Å². The van der Waals surface area contributed by atoms with Gasteiger partial charge in [0.2, 0.25) is 5.89 Å². The van der Waals surface area contributed by atoms with E-state index in [-0.39, 0.29) is 36.0 Å². The summed E-state index contributed by atoms with van der Waals surface area (Å²) in [6.07, 6.45) is 0.723. The van der Waals surface area contributed by atoms with Crippen LogP contribution in [0.25, 0.3) is 0 Å². The van der Waals surface area contributed by atoms with Crippen LogP contribution in [0.15, 0.2) is 27.7 Å². The zero-order chi connectivity index (χ0) is 20.1. The van der Waals surface area contributed by atoms with Crippen LogP contribution in [0.5, 0.6) is 0 Å². The summed E-state index contributed by atoms with van der Waals surface area (Å²) in [6, 6.07) is 6.53. The number of hydrogen-bond acceptors (Lipinski definition) is 5. The molecule has 1 aliphatic heterocycles. The van der Waals surface area contributed by atoms with Gasteiger partial charge in [0.15, 0.2) is 11.8 Å². The maximum absolute atomic E-state index is 6.05. The van der Waals surface area contributed by atoms with Gasteiger partial charge < -0.3 is 19.5 Å². The highest BCUT2D eigenvalue weighted by molar-refractivity contribution is 14.0. The molecule has 160 valence electrons. The fourth-order valence-electron chi connectivity index (χ4n) is 3.43. The Labute approximate surface area is 190 Å². The van der Waals surface area contributed by atoms with E-state index in [0.717, 1.165) is 24.9 Å². The number of benzene rings is 1. The lowest BCUT2D eigenvalue weighted by molar-refractivity contribution is -0.00831. The molecule has 0 spiro atoms. The summed E-state index contributed by atoms with van der Waals surface area (Å²) in [5.41, 5.74) is 3.79. The van der Waals surface area contributed by atoms with Crippen molar-refractivity contribution in [1.29, 1.82) is 0 Å². The number of rotatable bonds is 5. The summed E-state index contributed by atoms with van der Waals surface area (Å²) in [5.74, 6) is 2.56. The Bertz CT molecular complexity index is 821. The molecule has 1 atom stereocenters. The Morgan fingerprint density at radius 1 is 1.34 bits per heavy atom. The van der Waals surface area contributed by atoms with Crippen LogP contribution in [-0.2, 0) is 11.2 Å². The van der Waals surface area contributed by atoms with Crippen molar-refractivity contribution >= 4 is 29.9 Å². The highest BCUT2D eigenvalue weighted by Crippen LogP contribution is 2.25. The molecule has 29 heavy (non-hydrogen) atoms. The van der Waals surface area contributed by atoms with Gasteiger partial charge in [-0.15, -0.1) is 24.0 Å². The molecule has 1 saturated heterocycles. The molecule has 2 heterocycles. The quantitative estimate of drug-likeness (QED) is 0.374. The Morgan fingerprint density at radius 2 is 2.14 bits per heavy atom. The summed E-state index contributed by atoms with van der Waals surface area (Å²) in [7, 11) is 1.81. The Balaban J connectivity index is 0.00000300. The van der Waals surface area contributed by atoms with Gasteiger partial charge in [-0.05, 0) is 25.0 Å². The van der Waals surface area contributed by atoms with Crippen molar-refractivity contribution in [2.24, 2.45) is 4.99 Å². The number of halogens is 1. The SMILES string of the molecule is CN=C(NCCc1nc(C(C)C)no1)N1CCOC(c2ccc(C)cc2C)C1.I. The fourth-order valence-corrected chi connectivity index (χ4v) is 3.43. The summed E-state index contributed by atoms with van der Waals surface area (Å²) in [5, 5.41) is 7.42. The van der Waals surface area contributed by atoms with Crippen LogP contribution in [0.1, 0.15) is 54.3 Å². The predicted octanol–water partition coefficient (Wildman–Crippen LogP) is 3.62. The first-order valence-electron chi connectivity index (χ1n) is 9.94. The van der Waals surface area contributed by atoms with Gasteiger partial charge in [-0.2, -0.15) is 4.98 Å². The summed E-state index contributed by atoms with van der Waals surface area (Å²) < 4.78 is 11.4. The van der Waals surface area contributed by atoms with E-state index in [1.807, 2.05) is 7.05 Å². The Morgan fingerprint density at radius 3 is 2.79 bits per heavy atom. The van der Waals surface area contributed by atoms with Crippen LogP contribution >= 0.6 is 24.0 Å². The average Bonchev–Trinajstić information content (AvgIpc) is 3.15. The second-order valence-corrected chi connectivity index (χ2v) is 7.59. The second kappa shape index (κ2) is 10.9. The van der Waals surface area contributed by atoms with Crippen molar-refractivity contribution < 1.29 is 9.26 Å². The average molecular weight is 513 g/mol. The molecule has 0 saturated carbocycles. The first kappa shape index (κ1) is 23.6. The molecule has 1 N–H and O–H groups in total. The predicted molar refractivity (Wildman–Crippen MR) is 125 cm³/mol. The van der Waals surface area contributed by atoms with E-state index in [9.17, 15) is 0 Å². The molecule has 1 aromatic carbocycles. The molecule has 0 bridgehead atoms. The summed E-state index contributed by atoms with van der Waals surface area (Å²) >= 11 is 0. The molecule has 0 aliphatic carbocycles. The molecule has 1 aliphatic rings. The largest absolute Gasteiger partial charge is 0.370 e. The van der Waals surface area contributed by atoms with Gasteiger partial charge in [0, 0.05) is 32.5 Å². The first-order valence-corrected chi connectivity index (χ1v) is 9.94. The molecule has 0 radical (unpaired) electrons. The lowest BCUT2D eigenvalue weighted by Crippen LogP contribution is -2.48. The number of nitrogens with one attached hydrogen (secondary N) is 1. The number of morpholine rings is 1. The highest BCUT2D eigenvalue weighted by Gasteiger charge is 2.25. The number of hydrogen-bond donors (Lipinski definition) is 1. The van der Waals surface area contributed by atoms with Crippen LogP contribution in [0.3, 0.4) is 0 Å². The van der Waals surface area contributed by atoms with Crippen molar-refractivity contribution in [3.8, 4) is 0 Å². The molecule has 0 amide bonds. The number of aromatic nitrogens is 2. The van der Waals surface area contributed by atoms with Crippen LogP contribution in [0.4, 0.5) is 0 Å². The van der Waals surface area contributed by atoms with Crippen LogP contribution in [-0.4, -0.2) is 54.3 Å². The van der Waals surface area contributed by atoms with Gasteiger partial charge in [0.1, 0.15) is 6.10 Å². The normalized spacial score (nSPS) is 17.4. The maximum Gasteiger partial charge on any atom is 0.228 e. The molecular weight excluding hydrogens is 481 g/mol. The van der Waals surface area contributed by atoms with Gasteiger partial charge in [0.25, 0.3) is 0 Å². The van der Waals surface area contributed by atoms with E-state index in [4.69, 9.17) is 9.26 Å². The van der Waals surface area contributed by atoms with Crippen molar-refractivity contribution in [2.45, 2.75) is 46.1 Å². The van der Waals surface area contributed by atoms with Crippen LogP contribution < -0.4 is 5.32 Å². The molecule has 1 fully saturated rings. The van der Waals surface area contributed by atoms with Crippen molar-refractivity contribution in [3.05, 3.63) is 46.6 Å². The topological polar surface area (TPSA) is 75.8 Å². The van der Waals surface area contributed by atoms with Crippen molar-refractivity contribution in [3.63, 3.8) is 0 Å². The van der Waals surface area contributed by atoms with Gasteiger partial charge >= 0.3 is 0 Å². The molecule has 2 aromatic rings. The summed E-state index contributed by atoms with van der Waals surface area (Å²) in [6.45, 7) is 11.3. The minimum absolute atomic E-state index is 0. The lowest BCUT2D eigenvalue weighted by atomic mass is 10.00. The molecule has 1 aromatic heterocycles. The van der Waals surface area contributed by atoms with Crippen LogP contribution in [0.2, 0.25) is 0 Å². The van der Waals surface area contributed by atoms with E-state index >= 15 is 0 Å². The smallest absolute Gasteiger partial charge is 0.228 e. The third-order valence-corrected chi connectivity index (χ3v) is 4.97. The van der Waals surface area contributed by atoms with E-state index < -0.39 is 0 Å². The molecular formula is C21H32IN5O2. The maximum atomic E-state index is 6.05. The highest BCUT2D eigenvalue weighted by atomic mass is 127. The van der Waals surface area contributed by atoms with Gasteiger partial charge in [-0.3, -0.25) is 4.99 Å². The second-order valence-electron chi connectivity index (χ2n) is 7.59. The number of ether oxygens (including phenoxy) is 1. The van der Waals surface area contributed by atoms with Gasteiger partial charge in [-0.25, -0.2) is 0 Å². The minimum atomic E-state index is 0. The van der Waals surface area contributed by atoms with Crippen LogP contribution in [0, 0.1) is 13.8 Å². The lowest BCUT2D eigenvalue weighted by Gasteiger charge is -2.35. The third-order valence-electron chi connectivity index (χ3n) is 4.97. The van der Waals surface area contributed by atoms with Crippen molar-refractivity contribution in [1.82, 2.24) is 20.4 Å². The van der Waals surface area contributed by atoms with E-state index in [1.165, 1.54) is 16.7 Å². The molecule has 3 rings (SSSR count). The van der Waals surface area contributed by atoms with Crippen molar-refractivity contribution in [2.75, 3.05) is 33.3 Å². The Hall–Kier alpha value is -1.68. The molecule has 7 nitrogen and oxygen atoms in total. The summed E-state index contributed by atoms with van der Waals surface area (Å²) in [4.78, 5) is 11.1. The monoisotopic (exact) mass is 513 g/mol. The number of nitrogens with zero attached hydrogens (tertiary/aromatic N) is 4. The van der Waals surface area contributed by atoms with E-state index in [0.29, 0.717) is 25.5 Å². The third kappa shape index (κ3) is 6.15. The zero-order valence-corrected chi connectivity index (χ0v) is 20.3. The standard InChI is InChI=1S/C21H31N5O2.HI/c1-14(2)20-24-19(28-25-20)8-9-23-21(22-5)26-10-11-27-18(13-26)17-7-6-15(3)12-16(17)4;/h6-7,12,14,18H,8-11,13H2,1-5H3,(H,22,23);1H. The van der Waals surface area contributed by atoms with Gasteiger partial charge in [-0.1, -0.05) is 42.8 Å². The van der Waals surface area contributed by atoms with Gasteiger partial charge in [0.05, 0.1) is 13.2 Å². The number of aliphatic imine (C=N–C) groups is 1. The number of aryl methyl sites for hydroxylation is 2. The minimum Gasteiger partial charge on any atom is -0.370 e. The number of guanidine groups is 1.